The Morgan fingerprint density at radius 1 is 1.21 bits per heavy atom. The molecule has 1 aliphatic rings. The van der Waals surface area contributed by atoms with Crippen molar-refractivity contribution in [2.45, 2.75) is 19.8 Å². The molecule has 1 saturated heterocycles. The highest BCUT2D eigenvalue weighted by Crippen LogP contribution is 2.09. The van der Waals surface area contributed by atoms with Crippen molar-refractivity contribution in [1.29, 1.82) is 0 Å². The highest BCUT2D eigenvalue weighted by atomic mass is 32.2. The van der Waals surface area contributed by atoms with Crippen molar-refractivity contribution in [2.75, 3.05) is 31.1 Å². The molecule has 19 heavy (non-hydrogen) atoms. The highest BCUT2D eigenvalue weighted by Gasteiger charge is 2.11. The first kappa shape index (κ1) is 14.3. The Kier molecular flexibility index (Phi) is 5.58. The second kappa shape index (κ2) is 7.43. The molecule has 0 atom stereocenters. The number of thioether (sulfide) groups is 1. The summed E-state index contributed by atoms with van der Waals surface area (Å²) in [5.41, 5.74) is 8.75. The lowest BCUT2D eigenvalue weighted by Gasteiger charge is -2.27. The predicted molar refractivity (Wildman–Crippen MR) is 84.9 cm³/mol. The van der Waals surface area contributed by atoms with Crippen molar-refractivity contribution in [3.8, 4) is 0 Å². The summed E-state index contributed by atoms with van der Waals surface area (Å²) in [6, 6.07) is 8.79. The van der Waals surface area contributed by atoms with Gasteiger partial charge in [-0.15, -0.1) is 0 Å². The maximum absolute atomic E-state index is 6.02. The molecule has 1 heterocycles. The Bertz CT molecular complexity index is 408. The maximum atomic E-state index is 6.02. The molecular weight excluding hydrogens is 254 g/mol. The zero-order chi connectivity index (χ0) is 13.5. The zero-order valence-electron chi connectivity index (χ0n) is 11.6. The lowest BCUT2D eigenvalue weighted by molar-refractivity contribution is 0.456. The molecule has 0 amide bonds. The third kappa shape index (κ3) is 4.46. The summed E-state index contributed by atoms with van der Waals surface area (Å²) in [5, 5.41) is 0. The molecule has 3 nitrogen and oxygen atoms in total. The molecule has 1 fully saturated rings. The quantitative estimate of drug-likeness (QED) is 0.677. The number of rotatable bonds is 4. The Balaban J connectivity index is 1.80. The van der Waals surface area contributed by atoms with Crippen LogP contribution in [-0.2, 0) is 12.8 Å². The standard InChI is InChI=1S/C15H23N3S/c1-2-13-3-5-14(6-4-13)7-8-17-15(16)18-9-11-19-12-10-18/h3-6H,2,7-12H2,1H3,(H2,16,17). The lowest BCUT2D eigenvalue weighted by Crippen LogP contribution is -2.42. The van der Waals surface area contributed by atoms with Gasteiger partial charge in [0.15, 0.2) is 5.96 Å². The Morgan fingerprint density at radius 3 is 2.47 bits per heavy atom. The van der Waals surface area contributed by atoms with Gasteiger partial charge >= 0.3 is 0 Å². The zero-order valence-corrected chi connectivity index (χ0v) is 12.5. The van der Waals surface area contributed by atoms with Gasteiger partial charge in [-0.2, -0.15) is 11.8 Å². The van der Waals surface area contributed by atoms with Crippen LogP contribution in [0.3, 0.4) is 0 Å². The molecule has 4 heteroatoms. The first-order valence-electron chi connectivity index (χ1n) is 7.00. The summed E-state index contributed by atoms with van der Waals surface area (Å²) in [4.78, 5) is 6.69. The van der Waals surface area contributed by atoms with Crippen LogP contribution in [0.4, 0.5) is 0 Å². The molecule has 0 radical (unpaired) electrons. The van der Waals surface area contributed by atoms with Crippen molar-refractivity contribution in [3.63, 3.8) is 0 Å². The molecule has 0 aliphatic carbocycles. The van der Waals surface area contributed by atoms with E-state index in [2.05, 4.69) is 41.1 Å². The predicted octanol–water partition coefficient (Wildman–Crippen LogP) is 2.16. The van der Waals surface area contributed by atoms with Crippen LogP contribution in [-0.4, -0.2) is 42.0 Å². The van der Waals surface area contributed by atoms with E-state index in [1.165, 1.54) is 11.1 Å². The van der Waals surface area contributed by atoms with Gasteiger partial charge in [0, 0.05) is 31.1 Å². The normalized spacial score (nSPS) is 16.7. The smallest absolute Gasteiger partial charge is 0.191 e. The minimum absolute atomic E-state index is 0.713. The third-order valence-electron chi connectivity index (χ3n) is 3.44. The summed E-state index contributed by atoms with van der Waals surface area (Å²) in [7, 11) is 0. The van der Waals surface area contributed by atoms with Gasteiger partial charge in [-0.05, 0) is 24.0 Å². The van der Waals surface area contributed by atoms with Crippen molar-refractivity contribution in [2.24, 2.45) is 10.7 Å². The van der Waals surface area contributed by atoms with Crippen LogP contribution in [0.2, 0.25) is 0 Å². The van der Waals surface area contributed by atoms with Crippen LogP contribution < -0.4 is 5.73 Å². The number of nitrogens with two attached hydrogens (primary N) is 1. The molecule has 0 bridgehead atoms. The Hall–Kier alpha value is -1.16. The van der Waals surface area contributed by atoms with E-state index in [1.807, 2.05) is 11.8 Å². The van der Waals surface area contributed by atoms with E-state index in [0.717, 1.165) is 44.0 Å². The minimum atomic E-state index is 0.713. The van der Waals surface area contributed by atoms with Crippen molar-refractivity contribution < 1.29 is 0 Å². The molecule has 1 aliphatic heterocycles. The van der Waals surface area contributed by atoms with E-state index in [9.17, 15) is 0 Å². The van der Waals surface area contributed by atoms with Crippen LogP contribution in [0.15, 0.2) is 29.3 Å². The Morgan fingerprint density at radius 2 is 1.84 bits per heavy atom. The van der Waals surface area contributed by atoms with E-state index in [-0.39, 0.29) is 0 Å². The van der Waals surface area contributed by atoms with Gasteiger partial charge in [-0.1, -0.05) is 31.2 Å². The van der Waals surface area contributed by atoms with Gasteiger partial charge < -0.3 is 10.6 Å². The largest absolute Gasteiger partial charge is 0.370 e. The van der Waals surface area contributed by atoms with Crippen LogP contribution in [0.1, 0.15) is 18.1 Å². The van der Waals surface area contributed by atoms with Crippen LogP contribution in [0.25, 0.3) is 0 Å². The van der Waals surface area contributed by atoms with Crippen molar-refractivity contribution >= 4 is 17.7 Å². The lowest BCUT2D eigenvalue weighted by atomic mass is 10.1. The minimum Gasteiger partial charge on any atom is -0.370 e. The van der Waals surface area contributed by atoms with Crippen molar-refractivity contribution in [3.05, 3.63) is 35.4 Å². The van der Waals surface area contributed by atoms with Crippen LogP contribution >= 0.6 is 11.8 Å². The summed E-state index contributed by atoms with van der Waals surface area (Å²) < 4.78 is 0. The number of nitrogens with zero attached hydrogens (tertiary/aromatic N) is 2. The van der Waals surface area contributed by atoms with E-state index < -0.39 is 0 Å². The Labute approximate surface area is 120 Å². The first-order valence-corrected chi connectivity index (χ1v) is 8.15. The number of benzene rings is 1. The summed E-state index contributed by atoms with van der Waals surface area (Å²) in [6.07, 6.45) is 2.06. The molecule has 1 aromatic rings. The van der Waals surface area contributed by atoms with Crippen LogP contribution in [0.5, 0.6) is 0 Å². The molecular formula is C15H23N3S. The molecule has 0 saturated carbocycles. The monoisotopic (exact) mass is 277 g/mol. The number of aliphatic imine (C=N–C) groups is 1. The second-order valence-electron chi connectivity index (χ2n) is 4.76. The van der Waals surface area contributed by atoms with Gasteiger partial charge in [0.2, 0.25) is 0 Å². The summed E-state index contributed by atoms with van der Waals surface area (Å²) in [5.74, 6) is 3.04. The third-order valence-corrected chi connectivity index (χ3v) is 4.38. The van der Waals surface area contributed by atoms with Gasteiger partial charge in [-0.3, -0.25) is 4.99 Å². The number of hydrogen-bond acceptors (Lipinski definition) is 2. The molecule has 1 aromatic carbocycles. The van der Waals surface area contributed by atoms with Gasteiger partial charge in [0.25, 0.3) is 0 Å². The summed E-state index contributed by atoms with van der Waals surface area (Å²) >= 11 is 1.99. The SMILES string of the molecule is CCc1ccc(CCN=C(N)N2CCSCC2)cc1. The fourth-order valence-corrected chi connectivity index (χ4v) is 3.04. The average molecular weight is 277 g/mol. The van der Waals surface area contributed by atoms with E-state index >= 15 is 0 Å². The summed E-state index contributed by atoms with van der Waals surface area (Å²) in [6.45, 7) is 5.02. The van der Waals surface area contributed by atoms with Gasteiger partial charge in [0.1, 0.15) is 0 Å². The fraction of sp³-hybridized carbons (Fsp3) is 0.533. The molecule has 0 unspecified atom stereocenters. The van der Waals surface area contributed by atoms with E-state index in [4.69, 9.17) is 5.73 Å². The van der Waals surface area contributed by atoms with Crippen molar-refractivity contribution in [1.82, 2.24) is 4.90 Å². The fourth-order valence-electron chi connectivity index (χ4n) is 2.13. The van der Waals surface area contributed by atoms with Gasteiger partial charge in [-0.25, -0.2) is 0 Å². The second-order valence-corrected chi connectivity index (χ2v) is 5.98. The maximum Gasteiger partial charge on any atom is 0.191 e. The highest BCUT2D eigenvalue weighted by molar-refractivity contribution is 7.99. The molecule has 0 spiro atoms. The molecule has 0 aromatic heterocycles. The topological polar surface area (TPSA) is 41.6 Å². The molecule has 104 valence electrons. The molecule has 2 rings (SSSR count). The van der Waals surface area contributed by atoms with E-state index in [0.29, 0.717) is 5.96 Å². The number of guanidine groups is 1. The number of hydrogen-bond donors (Lipinski definition) is 1. The van der Waals surface area contributed by atoms with Crippen LogP contribution in [0, 0.1) is 0 Å². The van der Waals surface area contributed by atoms with Gasteiger partial charge in [0.05, 0.1) is 0 Å². The average Bonchev–Trinajstić information content (AvgIpc) is 2.49. The first-order chi connectivity index (χ1) is 9.29. The van der Waals surface area contributed by atoms with E-state index in [1.54, 1.807) is 0 Å². The number of aryl methyl sites for hydroxylation is 1. The molecule has 2 N–H and O–H groups in total.